The molecule has 0 saturated carbocycles. The molecule has 1 aliphatic heterocycles. The molecule has 1 amide bonds. The van der Waals surface area contributed by atoms with Crippen LogP contribution < -0.4 is 10.6 Å². The van der Waals surface area contributed by atoms with E-state index in [2.05, 4.69) is 27.7 Å². The van der Waals surface area contributed by atoms with Gasteiger partial charge in [-0.05, 0) is 45.3 Å². The summed E-state index contributed by atoms with van der Waals surface area (Å²) >= 11 is 0. The molecule has 21 heavy (non-hydrogen) atoms. The van der Waals surface area contributed by atoms with E-state index >= 15 is 0 Å². The number of pyridine rings is 1. The highest BCUT2D eigenvalue weighted by molar-refractivity contribution is 6.06. The number of rotatable bonds is 2. The summed E-state index contributed by atoms with van der Waals surface area (Å²) in [5.41, 5.74) is 2.47. The van der Waals surface area contributed by atoms with Crippen LogP contribution in [0.25, 0.3) is 11.1 Å². The third-order valence-electron chi connectivity index (χ3n) is 4.09. The summed E-state index contributed by atoms with van der Waals surface area (Å²) in [6.45, 7) is 7.69. The Bertz CT molecular complexity index is 680. The molecule has 2 unspecified atom stereocenters. The van der Waals surface area contributed by atoms with Crippen LogP contribution in [-0.4, -0.2) is 35.2 Å². The molecule has 3 heterocycles. The van der Waals surface area contributed by atoms with E-state index in [0.29, 0.717) is 28.3 Å². The van der Waals surface area contributed by atoms with Gasteiger partial charge in [-0.1, -0.05) is 12.1 Å². The van der Waals surface area contributed by atoms with Crippen molar-refractivity contribution in [3.8, 4) is 0 Å². The number of aromatic nitrogens is 2. The Balaban J connectivity index is 1.92. The molecule has 6 heteroatoms. The topological polar surface area (TPSA) is 80.0 Å². The standard InChI is InChI=1S/C15H20N4O2/c1-8-7-16-5-4-12(8)18-14(20)11-6-9(2)17-15-13(11)10(3)19-21-15/h6,8,12,16H,4-5,7H2,1-3H3,(H,18,20). The number of hydrogen-bond donors (Lipinski definition) is 2. The summed E-state index contributed by atoms with van der Waals surface area (Å²) in [5.74, 6) is 0.347. The van der Waals surface area contributed by atoms with Crippen LogP contribution in [0.4, 0.5) is 0 Å². The van der Waals surface area contributed by atoms with Gasteiger partial charge < -0.3 is 15.2 Å². The zero-order valence-corrected chi connectivity index (χ0v) is 12.6. The van der Waals surface area contributed by atoms with E-state index in [1.807, 2.05) is 13.8 Å². The average molecular weight is 288 g/mol. The van der Waals surface area contributed by atoms with Gasteiger partial charge in [0.1, 0.15) is 0 Å². The Morgan fingerprint density at radius 2 is 2.29 bits per heavy atom. The van der Waals surface area contributed by atoms with Crippen molar-refractivity contribution in [2.75, 3.05) is 13.1 Å². The number of piperidine rings is 1. The number of aryl methyl sites for hydroxylation is 2. The second kappa shape index (κ2) is 5.44. The molecule has 0 radical (unpaired) electrons. The molecule has 1 fully saturated rings. The summed E-state index contributed by atoms with van der Waals surface area (Å²) in [6, 6.07) is 2.00. The van der Waals surface area contributed by atoms with E-state index in [9.17, 15) is 4.79 Å². The highest BCUT2D eigenvalue weighted by Crippen LogP contribution is 2.22. The fourth-order valence-electron chi connectivity index (χ4n) is 2.87. The van der Waals surface area contributed by atoms with Crippen molar-refractivity contribution < 1.29 is 9.32 Å². The molecule has 0 spiro atoms. The quantitative estimate of drug-likeness (QED) is 0.876. The smallest absolute Gasteiger partial charge is 0.258 e. The number of carbonyl (C=O) groups excluding carboxylic acids is 1. The number of nitrogens with zero attached hydrogens (tertiary/aromatic N) is 2. The summed E-state index contributed by atoms with van der Waals surface area (Å²) in [5, 5.41) is 11.1. The Morgan fingerprint density at radius 3 is 3.05 bits per heavy atom. The number of amides is 1. The lowest BCUT2D eigenvalue weighted by Gasteiger charge is -2.30. The van der Waals surface area contributed by atoms with Crippen LogP contribution in [0.15, 0.2) is 10.6 Å². The summed E-state index contributed by atoms with van der Waals surface area (Å²) < 4.78 is 5.18. The molecule has 112 valence electrons. The van der Waals surface area contributed by atoms with Gasteiger partial charge >= 0.3 is 0 Å². The Morgan fingerprint density at radius 1 is 1.48 bits per heavy atom. The maximum absolute atomic E-state index is 12.6. The minimum Gasteiger partial charge on any atom is -0.349 e. The van der Waals surface area contributed by atoms with Crippen molar-refractivity contribution >= 4 is 17.0 Å². The molecule has 2 aromatic rings. The maximum atomic E-state index is 12.6. The van der Waals surface area contributed by atoms with Gasteiger partial charge in [0.15, 0.2) is 0 Å². The van der Waals surface area contributed by atoms with Crippen LogP contribution in [0.1, 0.15) is 35.1 Å². The van der Waals surface area contributed by atoms with Gasteiger partial charge in [0.2, 0.25) is 0 Å². The van der Waals surface area contributed by atoms with E-state index in [1.54, 1.807) is 6.07 Å². The third-order valence-corrected chi connectivity index (χ3v) is 4.09. The Kier molecular flexibility index (Phi) is 3.63. The first-order valence-corrected chi connectivity index (χ1v) is 7.31. The first kappa shape index (κ1) is 14.0. The van der Waals surface area contributed by atoms with Crippen LogP contribution in [-0.2, 0) is 0 Å². The molecule has 3 rings (SSSR count). The van der Waals surface area contributed by atoms with Gasteiger partial charge in [-0.25, -0.2) is 4.98 Å². The SMILES string of the molecule is Cc1cc(C(=O)NC2CCNCC2C)c2c(C)noc2n1. The van der Waals surface area contributed by atoms with Crippen molar-refractivity contribution in [2.24, 2.45) is 5.92 Å². The molecule has 0 bridgehead atoms. The predicted molar refractivity (Wildman–Crippen MR) is 79.2 cm³/mol. The number of nitrogens with one attached hydrogen (secondary N) is 2. The first-order chi connectivity index (χ1) is 10.1. The van der Waals surface area contributed by atoms with Crippen LogP contribution in [0.3, 0.4) is 0 Å². The Hall–Kier alpha value is -1.95. The van der Waals surface area contributed by atoms with Crippen LogP contribution in [0, 0.1) is 19.8 Å². The van der Waals surface area contributed by atoms with E-state index in [4.69, 9.17) is 4.52 Å². The Labute approximate surface area is 123 Å². The minimum atomic E-state index is -0.0736. The number of carbonyl (C=O) groups is 1. The predicted octanol–water partition coefficient (Wildman–Crippen LogP) is 1.57. The molecule has 2 N–H and O–H groups in total. The van der Waals surface area contributed by atoms with Crippen LogP contribution in [0.5, 0.6) is 0 Å². The largest absolute Gasteiger partial charge is 0.349 e. The molecular formula is C15H20N4O2. The zero-order valence-electron chi connectivity index (χ0n) is 12.6. The lowest BCUT2D eigenvalue weighted by atomic mass is 9.95. The van der Waals surface area contributed by atoms with Gasteiger partial charge in [-0.3, -0.25) is 4.79 Å². The lowest BCUT2D eigenvalue weighted by molar-refractivity contribution is 0.0915. The van der Waals surface area contributed by atoms with Crippen molar-refractivity contribution in [2.45, 2.75) is 33.2 Å². The van der Waals surface area contributed by atoms with Crippen molar-refractivity contribution in [1.29, 1.82) is 0 Å². The van der Waals surface area contributed by atoms with Crippen molar-refractivity contribution in [3.63, 3.8) is 0 Å². The van der Waals surface area contributed by atoms with Crippen LogP contribution >= 0.6 is 0 Å². The molecule has 2 aromatic heterocycles. The molecule has 1 aliphatic rings. The highest BCUT2D eigenvalue weighted by Gasteiger charge is 2.25. The lowest BCUT2D eigenvalue weighted by Crippen LogP contribution is -2.48. The second-order valence-electron chi connectivity index (χ2n) is 5.81. The van der Waals surface area contributed by atoms with E-state index in [-0.39, 0.29) is 11.9 Å². The molecule has 1 saturated heterocycles. The maximum Gasteiger partial charge on any atom is 0.258 e. The zero-order chi connectivity index (χ0) is 15.0. The first-order valence-electron chi connectivity index (χ1n) is 7.31. The van der Waals surface area contributed by atoms with E-state index in [1.165, 1.54) is 0 Å². The molecular weight excluding hydrogens is 268 g/mol. The fourth-order valence-corrected chi connectivity index (χ4v) is 2.87. The van der Waals surface area contributed by atoms with Gasteiger partial charge in [-0.2, -0.15) is 0 Å². The highest BCUT2D eigenvalue weighted by atomic mass is 16.5. The normalized spacial score (nSPS) is 22.4. The number of hydrogen-bond acceptors (Lipinski definition) is 5. The van der Waals surface area contributed by atoms with E-state index in [0.717, 1.165) is 25.2 Å². The number of fused-ring (bicyclic) bond motifs is 1. The molecule has 0 aliphatic carbocycles. The summed E-state index contributed by atoms with van der Waals surface area (Å²) in [4.78, 5) is 16.9. The third kappa shape index (κ3) is 2.63. The van der Waals surface area contributed by atoms with Crippen molar-refractivity contribution in [3.05, 3.63) is 23.0 Å². The van der Waals surface area contributed by atoms with Gasteiger partial charge in [0, 0.05) is 11.7 Å². The summed E-state index contributed by atoms with van der Waals surface area (Å²) in [7, 11) is 0. The van der Waals surface area contributed by atoms with Crippen molar-refractivity contribution in [1.82, 2.24) is 20.8 Å². The minimum absolute atomic E-state index is 0.0736. The van der Waals surface area contributed by atoms with Gasteiger partial charge in [0.05, 0.1) is 16.6 Å². The molecule has 6 nitrogen and oxygen atoms in total. The molecule has 2 atom stereocenters. The average Bonchev–Trinajstić information content (AvgIpc) is 2.82. The summed E-state index contributed by atoms with van der Waals surface area (Å²) in [6.07, 6.45) is 0.947. The second-order valence-corrected chi connectivity index (χ2v) is 5.81. The molecule has 0 aromatic carbocycles. The van der Waals surface area contributed by atoms with Crippen LogP contribution in [0.2, 0.25) is 0 Å². The fraction of sp³-hybridized carbons (Fsp3) is 0.533. The van der Waals surface area contributed by atoms with Gasteiger partial charge in [-0.15, -0.1) is 0 Å². The van der Waals surface area contributed by atoms with Gasteiger partial charge in [0.25, 0.3) is 11.6 Å². The van der Waals surface area contributed by atoms with E-state index < -0.39 is 0 Å². The monoisotopic (exact) mass is 288 g/mol.